The highest BCUT2D eigenvalue weighted by atomic mass is 16.7. The van der Waals surface area contributed by atoms with Crippen LogP contribution in [0.25, 0.3) is 0 Å². The maximum atomic E-state index is 12.0. The largest absolute Gasteiger partial charge is 0.481 e. The number of ether oxygens (including phenoxy) is 2. The molecular weight excluding hydrogens is 350 g/mol. The van der Waals surface area contributed by atoms with Crippen molar-refractivity contribution in [2.75, 3.05) is 6.54 Å². The minimum atomic E-state index is -0.960. The summed E-state index contributed by atoms with van der Waals surface area (Å²) in [6, 6.07) is 0. The Morgan fingerprint density at radius 3 is 2.22 bits per heavy atom. The van der Waals surface area contributed by atoms with Gasteiger partial charge < -0.3 is 19.9 Å². The van der Waals surface area contributed by atoms with Crippen LogP contribution in [0.15, 0.2) is 0 Å². The molecule has 0 bridgehead atoms. The third-order valence-electron chi connectivity index (χ3n) is 4.33. The molecule has 0 rings (SSSR count). The molecule has 0 radical (unpaired) electrons. The standard InChI is InChI=1S/C20H37NO6/c1-6-7-8-9-10-15(4)11-17(12-18(23)24)13-21-20(25)27-19(14(2)3)26-16(5)22/h14-15,17,19H,6-13H2,1-5H3,(H,21,25)(H,23,24)/t15-,17+,19-/m1/s1. The third-order valence-corrected chi connectivity index (χ3v) is 4.33. The van der Waals surface area contributed by atoms with E-state index in [1.807, 2.05) is 0 Å². The van der Waals surface area contributed by atoms with Crippen molar-refractivity contribution in [2.45, 2.75) is 85.9 Å². The summed E-state index contributed by atoms with van der Waals surface area (Å²) in [6.07, 6.45) is 4.87. The van der Waals surface area contributed by atoms with Crippen LogP contribution in [0.4, 0.5) is 4.79 Å². The van der Waals surface area contributed by atoms with Gasteiger partial charge in [-0.3, -0.25) is 9.59 Å². The molecule has 0 spiro atoms. The molecule has 7 heteroatoms. The van der Waals surface area contributed by atoms with E-state index in [0.29, 0.717) is 5.92 Å². The number of hydrogen-bond donors (Lipinski definition) is 2. The van der Waals surface area contributed by atoms with Crippen LogP contribution in [0.5, 0.6) is 0 Å². The Labute approximate surface area is 163 Å². The highest BCUT2D eigenvalue weighted by Crippen LogP contribution is 2.21. The highest BCUT2D eigenvalue weighted by molar-refractivity contribution is 5.69. The summed E-state index contributed by atoms with van der Waals surface area (Å²) in [6.45, 7) is 9.30. The van der Waals surface area contributed by atoms with Crippen LogP contribution in [0.3, 0.4) is 0 Å². The summed E-state index contributed by atoms with van der Waals surface area (Å²) in [7, 11) is 0. The number of alkyl carbamates (subject to hydrolysis) is 1. The first-order valence-electron chi connectivity index (χ1n) is 9.99. The first kappa shape index (κ1) is 25.2. The molecule has 0 unspecified atom stereocenters. The molecule has 0 aromatic heterocycles. The van der Waals surface area contributed by atoms with Crippen molar-refractivity contribution in [3.8, 4) is 0 Å². The Kier molecular flexibility index (Phi) is 13.3. The molecule has 0 heterocycles. The third kappa shape index (κ3) is 14.0. The quantitative estimate of drug-likeness (QED) is 0.261. The predicted octanol–water partition coefficient (Wildman–Crippen LogP) is 4.35. The zero-order valence-corrected chi connectivity index (χ0v) is 17.5. The molecule has 0 aliphatic rings. The van der Waals surface area contributed by atoms with Crippen molar-refractivity contribution < 1.29 is 29.0 Å². The van der Waals surface area contributed by atoms with Gasteiger partial charge in [0.25, 0.3) is 6.29 Å². The zero-order valence-electron chi connectivity index (χ0n) is 17.5. The number of carbonyl (C=O) groups is 3. The fourth-order valence-corrected chi connectivity index (χ4v) is 2.93. The number of unbranched alkanes of at least 4 members (excludes halogenated alkanes) is 3. The van der Waals surface area contributed by atoms with E-state index in [0.717, 1.165) is 19.3 Å². The van der Waals surface area contributed by atoms with Gasteiger partial charge in [0.05, 0.1) is 0 Å². The molecule has 27 heavy (non-hydrogen) atoms. The Morgan fingerprint density at radius 2 is 1.70 bits per heavy atom. The molecule has 3 atom stereocenters. The molecule has 0 fully saturated rings. The minimum absolute atomic E-state index is 0.00284. The van der Waals surface area contributed by atoms with Crippen LogP contribution in [0.2, 0.25) is 0 Å². The minimum Gasteiger partial charge on any atom is -0.481 e. The predicted molar refractivity (Wildman–Crippen MR) is 103 cm³/mol. The van der Waals surface area contributed by atoms with Gasteiger partial charge in [-0.25, -0.2) is 4.79 Å². The normalized spacial score (nSPS) is 14.3. The van der Waals surface area contributed by atoms with Crippen molar-refractivity contribution >= 4 is 18.0 Å². The molecule has 1 amide bonds. The average Bonchev–Trinajstić information content (AvgIpc) is 2.55. The summed E-state index contributed by atoms with van der Waals surface area (Å²) in [5.74, 6) is -1.36. The Balaban J connectivity index is 4.47. The second-order valence-electron chi connectivity index (χ2n) is 7.66. The summed E-state index contributed by atoms with van der Waals surface area (Å²) in [4.78, 5) is 34.2. The molecule has 0 aromatic rings. The van der Waals surface area contributed by atoms with E-state index in [1.54, 1.807) is 13.8 Å². The number of aliphatic carboxylic acids is 1. The number of carbonyl (C=O) groups excluding carboxylic acids is 2. The molecular formula is C20H37NO6. The smallest absolute Gasteiger partial charge is 0.410 e. The van der Waals surface area contributed by atoms with Gasteiger partial charge >= 0.3 is 18.0 Å². The van der Waals surface area contributed by atoms with Gasteiger partial charge in [0.2, 0.25) is 0 Å². The maximum Gasteiger partial charge on any atom is 0.410 e. The van der Waals surface area contributed by atoms with Crippen LogP contribution in [-0.2, 0) is 19.1 Å². The van der Waals surface area contributed by atoms with Gasteiger partial charge in [0.15, 0.2) is 0 Å². The van der Waals surface area contributed by atoms with Gasteiger partial charge in [0, 0.05) is 25.8 Å². The summed E-state index contributed by atoms with van der Waals surface area (Å²) in [5, 5.41) is 11.7. The second-order valence-corrected chi connectivity index (χ2v) is 7.66. The van der Waals surface area contributed by atoms with Crippen LogP contribution in [0.1, 0.15) is 79.6 Å². The lowest BCUT2D eigenvalue weighted by Crippen LogP contribution is -2.37. The zero-order chi connectivity index (χ0) is 20.8. The molecule has 0 aliphatic carbocycles. The van der Waals surface area contributed by atoms with Crippen LogP contribution in [0, 0.1) is 17.8 Å². The SMILES string of the molecule is CCCCCC[C@@H](C)C[C@H](CNC(=O)O[C@@H](OC(C)=O)C(C)C)CC(=O)O. The summed E-state index contributed by atoms with van der Waals surface area (Å²) < 4.78 is 10.1. The summed E-state index contributed by atoms with van der Waals surface area (Å²) >= 11 is 0. The van der Waals surface area contributed by atoms with Crippen LogP contribution in [-0.4, -0.2) is 36.0 Å². The van der Waals surface area contributed by atoms with Gasteiger partial charge in [-0.1, -0.05) is 59.8 Å². The lowest BCUT2D eigenvalue weighted by molar-refractivity contribution is -0.172. The number of carboxylic acids is 1. The van der Waals surface area contributed by atoms with E-state index < -0.39 is 24.3 Å². The van der Waals surface area contributed by atoms with Gasteiger partial charge in [0.1, 0.15) is 0 Å². The fourth-order valence-electron chi connectivity index (χ4n) is 2.93. The molecule has 2 N–H and O–H groups in total. The summed E-state index contributed by atoms with van der Waals surface area (Å²) in [5.41, 5.74) is 0. The first-order valence-corrected chi connectivity index (χ1v) is 9.99. The number of hydrogen-bond acceptors (Lipinski definition) is 5. The van der Waals surface area contributed by atoms with Gasteiger partial charge in [-0.2, -0.15) is 0 Å². The van der Waals surface area contributed by atoms with Gasteiger partial charge in [-0.05, 0) is 18.3 Å². The highest BCUT2D eigenvalue weighted by Gasteiger charge is 2.23. The molecule has 0 saturated carbocycles. The molecule has 0 saturated heterocycles. The lowest BCUT2D eigenvalue weighted by atomic mass is 9.89. The van der Waals surface area contributed by atoms with E-state index in [1.165, 1.54) is 26.2 Å². The van der Waals surface area contributed by atoms with E-state index in [4.69, 9.17) is 14.6 Å². The molecule has 0 aromatic carbocycles. The van der Waals surface area contributed by atoms with Crippen molar-refractivity contribution in [1.29, 1.82) is 0 Å². The number of rotatable bonds is 14. The Morgan fingerprint density at radius 1 is 1.04 bits per heavy atom. The lowest BCUT2D eigenvalue weighted by Gasteiger charge is -2.23. The Bertz CT molecular complexity index is 452. The van der Waals surface area contributed by atoms with E-state index in [9.17, 15) is 14.4 Å². The molecule has 7 nitrogen and oxygen atoms in total. The number of carboxylic acid groups (broad SMARTS) is 1. The fraction of sp³-hybridized carbons (Fsp3) is 0.850. The van der Waals surface area contributed by atoms with Crippen molar-refractivity contribution in [1.82, 2.24) is 5.32 Å². The number of esters is 1. The Hall–Kier alpha value is -1.79. The van der Waals surface area contributed by atoms with E-state index in [-0.39, 0.29) is 24.8 Å². The van der Waals surface area contributed by atoms with Crippen molar-refractivity contribution in [3.63, 3.8) is 0 Å². The number of amides is 1. The average molecular weight is 388 g/mol. The first-order chi connectivity index (χ1) is 12.6. The second kappa shape index (κ2) is 14.3. The monoisotopic (exact) mass is 387 g/mol. The van der Waals surface area contributed by atoms with Crippen molar-refractivity contribution in [3.05, 3.63) is 0 Å². The van der Waals surface area contributed by atoms with Crippen LogP contribution < -0.4 is 5.32 Å². The maximum absolute atomic E-state index is 12.0. The van der Waals surface area contributed by atoms with Gasteiger partial charge in [-0.15, -0.1) is 0 Å². The van der Waals surface area contributed by atoms with E-state index in [2.05, 4.69) is 19.2 Å². The number of nitrogens with one attached hydrogen (secondary N) is 1. The molecule has 0 aliphatic heterocycles. The van der Waals surface area contributed by atoms with Crippen molar-refractivity contribution in [2.24, 2.45) is 17.8 Å². The topological polar surface area (TPSA) is 102 Å². The molecule has 158 valence electrons. The van der Waals surface area contributed by atoms with Crippen LogP contribution >= 0.6 is 0 Å². The van der Waals surface area contributed by atoms with E-state index >= 15 is 0 Å².